The van der Waals surface area contributed by atoms with Gasteiger partial charge in [0, 0.05) is 12.6 Å². The van der Waals surface area contributed by atoms with Gasteiger partial charge in [0.25, 0.3) is 0 Å². The first kappa shape index (κ1) is 13.0. The lowest BCUT2D eigenvalue weighted by Gasteiger charge is -2.27. The largest absolute Gasteiger partial charge is 0.310 e. The summed E-state index contributed by atoms with van der Waals surface area (Å²) in [5.74, 6) is 0.688. The Hall–Kier alpha value is -0.410. The zero-order valence-corrected chi connectivity index (χ0v) is 11.8. The normalized spacial score (nSPS) is 24.9. The van der Waals surface area contributed by atoms with Crippen molar-refractivity contribution in [3.05, 3.63) is 34.1 Å². The van der Waals surface area contributed by atoms with Crippen molar-refractivity contribution in [2.24, 2.45) is 5.92 Å². The Morgan fingerprint density at radius 1 is 1.29 bits per heavy atom. The van der Waals surface area contributed by atoms with Crippen LogP contribution in [0.3, 0.4) is 0 Å². The van der Waals surface area contributed by atoms with Crippen molar-refractivity contribution in [1.29, 1.82) is 0 Å². The van der Waals surface area contributed by atoms with Crippen LogP contribution in [0.25, 0.3) is 0 Å². The van der Waals surface area contributed by atoms with E-state index in [9.17, 15) is 4.39 Å². The molecule has 0 spiro atoms. The topological polar surface area (TPSA) is 12.0 Å². The van der Waals surface area contributed by atoms with E-state index in [0.29, 0.717) is 10.5 Å². The Labute approximate surface area is 111 Å². The van der Waals surface area contributed by atoms with Gasteiger partial charge in [0.15, 0.2) is 0 Å². The SMILES string of the molecule is CC1CCC(NCc2ccc(F)c(Br)c2)CC1. The first-order valence-electron chi connectivity index (χ1n) is 6.32. The second-order valence-electron chi connectivity index (χ2n) is 5.09. The number of benzene rings is 1. The summed E-state index contributed by atoms with van der Waals surface area (Å²) in [4.78, 5) is 0. The van der Waals surface area contributed by atoms with Gasteiger partial charge in [0.1, 0.15) is 5.82 Å². The van der Waals surface area contributed by atoms with Gasteiger partial charge >= 0.3 is 0 Å². The maximum atomic E-state index is 13.1. The molecule has 1 nitrogen and oxygen atoms in total. The van der Waals surface area contributed by atoms with Gasteiger partial charge in [-0.2, -0.15) is 0 Å². The molecule has 0 radical (unpaired) electrons. The zero-order valence-electron chi connectivity index (χ0n) is 10.2. The maximum absolute atomic E-state index is 13.1. The standard InChI is InChI=1S/C14H19BrFN/c1-10-2-5-12(6-3-10)17-9-11-4-7-14(16)13(15)8-11/h4,7-8,10,12,17H,2-3,5-6,9H2,1H3. The number of halogens is 2. The van der Waals surface area contributed by atoms with E-state index >= 15 is 0 Å². The van der Waals surface area contributed by atoms with Gasteiger partial charge in [0.2, 0.25) is 0 Å². The van der Waals surface area contributed by atoms with E-state index in [-0.39, 0.29) is 5.82 Å². The lowest BCUT2D eigenvalue weighted by atomic mass is 9.87. The van der Waals surface area contributed by atoms with Gasteiger partial charge in [0.05, 0.1) is 4.47 Å². The zero-order chi connectivity index (χ0) is 12.3. The molecule has 1 fully saturated rings. The van der Waals surface area contributed by atoms with Crippen molar-refractivity contribution in [3.8, 4) is 0 Å². The predicted octanol–water partition coefficient (Wildman–Crippen LogP) is 4.26. The van der Waals surface area contributed by atoms with Gasteiger partial charge < -0.3 is 5.32 Å². The minimum Gasteiger partial charge on any atom is -0.310 e. The fourth-order valence-corrected chi connectivity index (χ4v) is 2.80. The summed E-state index contributed by atoms with van der Waals surface area (Å²) in [5, 5.41) is 3.56. The fourth-order valence-electron chi connectivity index (χ4n) is 2.38. The number of hydrogen-bond acceptors (Lipinski definition) is 1. The molecule has 0 aromatic heterocycles. The maximum Gasteiger partial charge on any atom is 0.137 e. The molecule has 17 heavy (non-hydrogen) atoms. The minimum absolute atomic E-state index is 0.194. The summed E-state index contributed by atoms with van der Waals surface area (Å²) in [5.41, 5.74) is 1.14. The first-order valence-corrected chi connectivity index (χ1v) is 7.12. The highest BCUT2D eigenvalue weighted by molar-refractivity contribution is 9.10. The molecule has 0 bridgehead atoms. The Bertz CT molecular complexity index is 372. The van der Waals surface area contributed by atoms with Gasteiger partial charge in [-0.3, -0.25) is 0 Å². The second kappa shape index (κ2) is 5.96. The van der Waals surface area contributed by atoms with E-state index in [2.05, 4.69) is 28.2 Å². The van der Waals surface area contributed by atoms with Crippen molar-refractivity contribution in [3.63, 3.8) is 0 Å². The highest BCUT2D eigenvalue weighted by Crippen LogP contribution is 2.24. The summed E-state index contributed by atoms with van der Waals surface area (Å²) in [6, 6.07) is 5.85. The third-order valence-corrected chi connectivity index (χ3v) is 4.20. The molecule has 1 N–H and O–H groups in total. The van der Waals surface area contributed by atoms with Crippen LogP contribution in [-0.2, 0) is 6.54 Å². The molecule has 1 aromatic carbocycles. The van der Waals surface area contributed by atoms with Gasteiger partial charge in [-0.1, -0.05) is 13.0 Å². The summed E-state index contributed by atoms with van der Waals surface area (Å²) in [6.45, 7) is 3.16. The van der Waals surface area contributed by atoms with E-state index < -0.39 is 0 Å². The molecule has 1 aromatic rings. The van der Waals surface area contributed by atoms with Crippen LogP contribution in [0.4, 0.5) is 4.39 Å². The molecule has 0 atom stereocenters. The molecule has 0 saturated heterocycles. The van der Waals surface area contributed by atoms with E-state index in [0.717, 1.165) is 18.0 Å². The smallest absolute Gasteiger partial charge is 0.137 e. The predicted molar refractivity (Wildman–Crippen MR) is 72.4 cm³/mol. The van der Waals surface area contributed by atoms with Crippen LogP contribution in [-0.4, -0.2) is 6.04 Å². The van der Waals surface area contributed by atoms with E-state index in [4.69, 9.17) is 0 Å². The molecule has 1 aliphatic rings. The van der Waals surface area contributed by atoms with E-state index in [1.54, 1.807) is 0 Å². The van der Waals surface area contributed by atoms with E-state index in [1.165, 1.54) is 31.7 Å². The van der Waals surface area contributed by atoms with Crippen LogP contribution in [0.2, 0.25) is 0 Å². The summed E-state index contributed by atoms with van der Waals surface area (Å²) >= 11 is 3.22. The monoisotopic (exact) mass is 299 g/mol. The number of nitrogens with one attached hydrogen (secondary N) is 1. The molecule has 1 aliphatic carbocycles. The molecule has 1 saturated carbocycles. The van der Waals surface area contributed by atoms with Crippen molar-refractivity contribution in [1.82, 2.24) is 5.32 Å². The molecule has 2 rings (SSSR count). The highest BCUT2D eigenvalue weighted by atomic mass is 79.9. The minimum atomic E-state index is -0.194. The van der Waals surface area contributed by atoms with Crippen molar-refractivity contribution >= 4 is 15.9 Å². The molecular weight excluding hydrogens is 281 g/mol. The summed E-state index contributed by atoms with van der Waals surface area (Å²) in [7, 11) is 0. The molecule has 0 heterocycles. The lowest BCUT2D eigenvalue weighted by Crippen LogP contribution is -2.32. The van der Waals surface area contributed by atoms with Crippen LogP contribution in [0.5, 0.6) is 0 Å². The summed E-state index contributed by atoms with van der Waals surface area (Å²) in [6.07, 6.45) is 5.18. The van der Waals surface area contributed by atoms with Crippen molar-refractivity contribution in [2.75, 3.05) is 0 Å². The summed E-state index contributed by atoms with van der Waals surface area (Å²) < 4.78 is 13.6. The Morgan fingerprint density at radius 2 is 2.00 bits per heavy atom. The first-order chi connectivity index (χ1) is 8.15. The number of hydrogen-bond donors (Lipinski definition) is 1. The Morgan fingerprint density at radius 3 is 2.65 bits per heavy atom. The molecule has 0 amide bonds. The van der Waals surface area contributed by atoms with Gasteiger partial charge in [-0.25, -0.2) is 4.39 Å². The number of rotatable bonds is 3. The average Bonchev–Trinajstić information content (AvgIpc) is 2.33. The van der Waals surface area contributed by atoms with Crippen LogP contribution in [0.1, 0.15) is 38.2 Å². The van der Waals surface area contributed by atoms with Crippen molar-refractivity contribution in [2.45, 2.75) is 45.2 Å². The Kier molecular flexibility index (Phi) is 4.57. The molecule has 3 heteroatoms. The molecule has 94 valence electrons. The quantitative estimate of drug-likeness (QED) is 0.879. The third kappa shape index (κ3) is 3.78. The molecule has 0 unspecified atom stereocenters. The van der Waals surface area contributed by atoms with Gasteiger partial charge in [-0.15, -0.1) is 0 Å². The van der Waals surface area contributed by atoms with Crippen LogP contribution in [0.15, 0.2) is 22.7 Å². The Balaban J connectivity index is 1.83. The third-order valence-electron chi connectivity index (χ3n) is 3.59. The van der Waals surface area contributed by atoms with Crippen LogP contribution < -0.4 is 5.32 Å². The molecule has 0 aliphatic heterocycles. The second-order valence-corrected chi connectivity index (χ2v) is 5.94. The average molecular weight is 300 g/mol. The van der Waals surface area contributed by atoms with Crippen LogP contribution >= 0.6 is 15.9 Å². The molecular formula is C14H19BrFN. The highest BCUT2D eigenvalue weighted by Gasteiger charge is 2.17. The van der Waals surface area contributed by atoms with Crippen LogP contribution in [0, 0.1) is 11.7 Å². The van der Waals surface area contributed by atoms with Crippen molar-refractivity contribution < 1.29 is 4.39 Å². The fraction of sp³-hybridized carbons (Fsp3) is 0.571. The van der Waals surface area contributed by atoms with Gasteiger partial charge in [-0.05, 0) is 65.2 Å². The van der Waals surface area contributed by atoms with E-state index in [1.807, 2.05) is 12.1 Å². The lowest BCUT2D eigenvalue weighted by molar-refractivity contribution is 0.306.